The molecule has 1 atom stereocenters. The van der Waals surface area contributed by atoms with Crippen molar-refractivity contribution in [2.45, 2.75) is 19.4 Å². The van der Waals surface area contributed by atoms with E-state index in [1.807, 2.05) is 0 Å². The number of rotatable bonds is 9. The molecule has 0 heterocycles. The lowest BCUT2D eigenvalue weighted by Gasteiger charge is -2.11. The molecule has 0 bridgehead atoms. The molecule has 17 heavy (non-hydrogen) atoms. The van der Waals surface area contributed by atoms with Crippen molar-refractivity contribution in [1.82, 2.24) is 0 Å². The number of hydrogen-bond donors (Lipinski definition) is 0. The second-order valence-electron chi connectivity index (χ2n) is 3.35. The van der Waals surface area contributed by atoms with Gasteiger partial charge in [0.1, 0.15) is 0 Å². The summed E-state index contributed by atoms with van der Waals surface area (Å²) in [5.41, 5.74) is 0. The lowest BCUT2D eigenvalue weighted by molar-refractivity contribution is -0.137. The maximum absolute atomic E-state index is 11.4. The van der Waals surface area contributed by atoms with Gasteiger partial charge in [-0.15, -0.1) is 0 Å². The SMILES string of the molecule is C=CC(=O)OCCCS(=O)(=O)OC(C)COC. The number of carbonyl (C=O) groups excluding carboxylic acids is 1. The van der Waals surface area contributed by atoms with Crippen molar-refractivity contribution in [1.29, 1.82) is 0 Å². The van der Waals surface area contributed by atoms with Gasteiger partial charge in [-0.1, -0.05) is 6.58 Å². The molecule has 0 N–H and O–H groups in total. The third-order valence-corrected chi connectivity index (χ3v) is 3.07. The van der Waals surface area contributed by atoms with Gasteiger partial charge in [-0.2, -0.15) is 8.42 Å². The predicted molar refractivity (Wildman–Crippen MR) is 62.0 cm³/mol. The van der Waals surface area contributed by atoms with E-state index in [1.165, 1.54) is 7.11 Å². The molecule has 0 aliphatic heterocycles. The van der Waals surface area contributed by atoms with Crippen LogP contribution >= 0.6 is 0 Å². The summed E-state index contributed by atoms with van der Waals surface area (Å²) >= 11 is 0. The summed E-state index contributed by atoms with van der Waals surface area (Å²) in [6.45, 7) is 5.03. The van der Waals surface area contributed by atoms with Gasteiger partial charge in [0.2, 0.25) is 0 Å². The summed E-state index contributed by atoms with van der Waals surface area (Å²) in [7, 11) is -2.15. The van der Waals surface area contributed by atoms with Crippen LogP contribution in [0.15, 0.2) is 12.7 Å². The minimum Gasteiger partial charge on any atom is -0.463 e. The predicted octanol–water partition coefficient (Wildman–Crippen LogP) is 0.487. The number of methoxy groups -OCH3 is 1. The fourth-order valence-corrected chi connectivity index (χ4v) is 2.15. The third kappa shape index (κ3) is 8.84. The van der Waals surface area contributed by atoms with Crippen LogP contribution in [0.4, 0.5) is 0 Å². The van der Waals surface area contributed by atoms with E-state index >= 15 is 0 Å². The summed E-state index contributed by atoms with van der Waals surface area (Å²) in [6, 6.07) is 0. The number of carbonyl (C=O) groups is 1. The number of hydrogen-bond acceptors (Lipinski definition) is 6. The molecule has 0 saturated heterocycles. The van der Waals surface area contributed by atoms with Gasteiger partial charge in [0, 0.05) is 13.2 Å². The van der Waals surface area contributed by atoms with Crippen molar-refractivity contribution >= 4 is 16.1 Å². The Kier molecular flexibility index (Phi) is 7.77. The number of ether oxygens (including phenoxy) is 2. The van der Waals surface area contributed by atoms with Gasteiger partial charge in [-0.05, 0) is 13.3 Å². The Bertz CT molecular complexity index is 335. The smallest absolute Gasteiger partial charge is 0.330 e. The lowest BCUT2D eigenvalue weighted by atomic mass is 10.5. The average Bonchev–Trinajstić information content (AvgIpc) is 2.23. The molecule has 0 aromatic carbocycles. The topological polar surface area (TPSA) is 78.9 Å². The van der Waals surface area contributed by atoms with E-state index in [4.69, 9.17) is 8.92 Å². The van der Waals surface area contributed by atoms with Gasteiger partial charge in [-0.3, -0.25) is 4.18 Å². The Labute approximate surface area is 102 Å². The Morgan fingerprint density at radius 2 is 2.12 bits per heavy atom. The second kappa shape index (κ2) is 8.21. The van der Waals surface area contributed by atoms with Gasteiger partial charge in [-0.25, -0.2) is 4.79 Å². The standard InChI is InChI=1S/C10H18O6S/c1-4-10(11)15-6-5-7-17(12,13)16-9(2)8-14-3/h4,9H,1,5-8H2,2-3H3. The molecule has 0 aliphatic rings. The third-order valence-electron chi connectivity index (χ3n) is 1.66. The van der Waals surface area contributed by atoms with Crippen molar-refractivity contribution in [3.8, 4) is 0 Å². The molecule has 0 radical (unpaired) electrons. The average molecular weight is 266 g/mol. The molecule has 0 aliphatic carbocycles. The molecule has 1 unspecified atom stereocenters. The van der Waals surface area contributed by atoms with Gasteiger partial charge >= 0.3 is 5.97 Å². The Morgan fingerprint density at radius 3 is 2.65 bits per heavy atom. The molecule has 0 fully saturated rings. The van der Waals surface area contributed by atoms with Crippen LogP contribution in [0.2, 0.25) is 0 Å². The quantitative estimate of drug-likeness (QED) is 0.261. The monoisotopic (exact) mass is 266 g/mol. The maximum Gasteiger partial charge on any atom is 0.330 e. The maximum atomic E-state index is 11.4. The minimum absolute atomic E-state index is 0.0199. The molecule has 0 aromatic rings. The normalized spacial score (nSPS) is 13.1. The molecule has 0 aromatic heterocycles. The first kappa shape index (κ1) is 16.1. The molecule has 6 nitrogen and oxygen atoms in total. The van der Waals surface area contributed by atoms with Crippen LogP contribution in [0.3, 0.4) is 0 Å². The van der Waals surface area contributed by atoms with E-state index < -0.39 is 22.2 Å². The molecule has 7 heteroatoms. The zero-order valence-electron chi connectivity index (χ0n) is 10.0. The first-order valence-corrected chi connectivity index (χ1v) is 6.68. The van der Waals surface area contributed by atoms with Crippen molar-refractivity contribution < 1.29 is 26.9 Å². The summed E-state index contributed by atoms with van der Waals surface area (Å²) in [4.78, 5) is 10.7. The zero-order chi connectivity index (χ0) is 13.3. The summed E-state index contributed by atoms with van der Waals surface area (Å²) in [5, 5.41) is 0. The van der Waals surface area contributed by atoms with Crippen LogP contribution < -0.4 is 0 Å². The van der Waals surface area contributed by atoms with Crippen molar-refractivity contribution in [3.05, 3.63) is 12.7 Å². The first-order chi connectivity index (χ1) is 7.91. The van der Waals surface area contributed by atoms with Crippen molar-refractivity contribution in [3.63, 3.8) is 0 Å². The summed E-state index contributed by atoms with van der Waals surface area (Å²) < 4.78 is 37.0. The van der Waals surface area contributed by atoms with Gasteiger partial charge in [0.05, 0.1) is 25.1 Å². The highest BCUT2D eigenvalue weighted by Gasteiger charge is 2.15. The van der Waals surface area contributed by atoms with Crippen LogP contribution in [0, 0.1) is 0 Å². The van der Waals surface area contributed by atoms with Crippen LogP contribution in [-0.2, 0) is 28.6 Å². The number of esters is 1. The van der Waals surface area contributed by atoms with Gasteiger partial charge < -0.3 is 9.47 Å². The Hall–Kier alpha value is -0.920. The van der Waals surface area contributed by atoms with E-state index in [1.54, 1.807) is 6.92 Å². The minimum atomic E-state index is -3.60. The van der Waals surface area contributed by atoms with Crippen LogP contribution in [0.25, 0.3) is 0 Å². The van der Waals surface area contributed by atoms with Gasteiger partial charge in [0.15, 0.2) is 0 Å². The van der Waals surface area contributed by atoms with Crippen molar-refractivity contribution in [2.75, 3.05) is 26.1 Å². The van der Waals surface area contributed by atoms with Gasteiger partial charge in [0.25, 0.3) is 10.1 Å². The first-order valence-electron chi connectivity index (χ1n) is 5.10. The molecular formula is C10H18O6S. The molecule has 0 spiro atoms. The van der Waals surface area contributed by atoms with Crippen molar-refractivity contribution in [2.24, 2.45) is 0 Å². The lowest BCUT2D eigenvalue weighted by Crippen LogP contribution is -2.22. The zero-order valence-corrected chi connectivity index (χ0v) is 10.9. The molecule has 0 amide bonds. The Morgan fingerprint density at radius 1 is 1.47 bits per heavy atom. The largest absolute Gasteiger partial charge is 0.463 e. The van der Waals surface area contributed by atoms with E-state index in [0.717, 1.165) is 6.08 Å². The highest BCUT2D eigenvalue weighted by molar-refractivity contribution is 7.86. The second-order valence-corrected chi connectivity index (χ2v) is 5.07. The molecule has 0 rings (SSSR count). The van der Waals surface area contributed by atoms with E-state index in [-0.39, 0.29) is 25.4 Å². The van der Waals surface area contributed by atoms with Crippen LogP contribution in [0.5, 0.6) is 0 Å². The fraction of sp³-hybridized carbons (Fsp3) is 0.700. The highest BCUT2D eigenvalue weighted by atomic mass is 32.2. The van der Waals surface area contributed by atoms with E-state index in [0.29, 0.717) is 0 Å². The molecule has 0 saturated carbocycles. The van der Waals surface area contributed by atoms with E-state index in [2.05, 4.69) is 11.3 Å². The van der Waals surface area contributed by atoms with Crippen LogP contribution in [-0.4, -0.2) is 46.6 Å². The fourth-order valence-electron chi connectivity index (χ4n) is 1.03. The highest BCUT2D eigenvalue weighted by Crippen LogP contribution is 2.02. The summed E-state index contributed by atoms with van der Waals surface area (Å²) in [5.74, 6) is -0.776. The molecule has 100 valence electrons. The van der Waals surface area contributed by atoms with Crippen LogP contribution in [0.1, 0.15) is 13.3 Å². The summed E-state index contributed by atoms with van der Waals surface area (Å²) in [6.07, 6.45) is 0.675. The van der Waals surface area contributed by atoms with E-state index in [9.17, 15) is 13.2 Å². The Balaban J connectivity index is 3.86. The molecular weight excluding hydrogens is 248 g/mol.